The summed E-state index contributed by atoms with van der Waals surface area (Å²) in [6.45, 7) is 3.52. The molecule has 0 aromatic heterocycles. The van der Waals surface area contributed by atoms with Gasteiger partial charge in [0.2, 0.25) is 0 Å². The SMILES string of the molecule is O=C(COc1ccccc1)Nc1ccc(N2CCC(NCCC3COc4ccccc4O3)CC2)cc1. The molecule has 3 aromatic rings. The Labute approximate surface area is 212 Å². The third-order valence-electron chi connectivity index (χ3n) is 6.59. The molecule has 5 rings (SSSR count). The normalized spacial score (nSPS) is 17.4. The van der Waals surface area contributed by atoms with E-state index < -0.39 is 0 Å². The van der Waals surface area contributed by atoms with Gasteiger partial charge in [-0.1, -0.05) is 30.3 Å². The summed E-state index contributed by atoms with van der Waals surface area (Å²) < 4.78 is 17.4. The molecule has 0 radical (unpaired) electrons. The number of ether oxygens (including phenoxy) is 3. The van der Waals surface area contributed by atoms with Crippen LogP contribution in [0.5, 0.6) is 17.2 Å². The monoisotopic (exact) mass is 487 g/mol. The summed E-state index contributed by atoms with van der Waals surface area (Å²) in [6, 6.07) is 25.7. The minimum atomic E-state index is -0.173. The van der Waals surface area contributed by atoms with Crippen molar-refractivity contribution >= 4 is 17.3 Å². The molecule has 2 aliphatic heterocycles. The van der Waals surface area contributed by atoms with Crippen LogP contribution in [-0.4, -0.2) is 50.9 Å². The second kappa shape index (κ2) is 11.8. The molecular formula is C29H33N3O4. The summed E-state index contributed by atoms with van der Waals surface area (Å²) in [5.41, 5.74) is 1.95. The van der Waals surface area contributed by atoms with E-state index in [-0.39, 0.29) is 18.6 Å². The number of hydrogen-bond donors (Lipinski definition) is 2. The van der Waals surface area contributed by atoms with Crippen molar-refractivity contribution in [2.45, 2.75) is 31.4 Å². The first-order chi connectivity index (χ1) is 17.7. The summed E-state index contributed by atoms with van der Waals surface area (Å²) in [5, 5.41) is 6.59. The van der Waals surface area contributed by atoms with Gasteiger partial charge >= 0.3 is 0 Å². The fourth-order valence-electron chi connectivity index (χ4n) is 4.61. The van der Waals surface area contributed by atoms with Crippen molar-refractivity contribution in [3.63, 3.8) is 0 Å². The molecule has 7 nitrogen and oxygen atoms in total. The van der Waals surface area contributed by atoms with Crippen molar-refractivity contribution in [2.24, 2.45) is 0 Å². The first kappa shape index (κ1) is 24.0. The Morgan fingerprint density at radius 1 is 0.917 bits per heavy atom. The van der Waals surface area contributed by atoms with E-state index in [1.165, 1.54) is 5.69 Å². The van der Waals surface area contributed by atoms with Gasteiger partial charge < -0.3 is 29.7 Å². The van der Waals surface area contributed by atoms with Crippen LogP contribution in [0.2, 0.25) is 0 Å². The first-order valence-corrected chi connectivity index (χ1v) is 12.7. The molecule has 0 spiro atoms. The number of amides is 1. The molecule has 2 N–H and O–H groups in total. The predicted molar refractivity (Wildman–Crippen MR) is 141 cm³/mol. The minimum Gasteiger partial charge on any atom is -0.486 e. The number of anilines is 2. The average molecular weight is 488 g/mol. The number of hydrogen-bond acceptors (Lipinski definition) is 6. The lowest BCUT2D eigenvalue weighted by molar-refractivity contribution is -0.118. The van der Waals surface area contributed by atoms with E-state index in [0.29, 0.717) is 18.4 Å². The van der Waals surface area contributed by atoms with E-state index in [2.05, 4.69) is 27.7 Å². The lowest BCUT2D eigenvalue weighted by Crippen LogP contribution is -2.44. The zero-order valence-electron chi connectivity index (χ0n) is 20.4. The molecule has 1 unspecified atom stereocenters. The van der Waals surface area contributed by atoms with E-state index in [1.807, 2.05) is 66.7 Å². The Hall–Kier alpha value is -3.71. The second-order valence-electron chi connectivity index (χ2n) is 9.20. The highest BCUT2D eigenvalue weighted by molar-refractivity contribution is 5.92. The number of carbonyl (C=O) groups excluding carboxylic acids is 1. The maximum Gasteiger partial charge on any atom is 0.262 e. The highest BCUT2D eigenvalue weighted by atomic mass is 16.6. The third-order valence-corrected chi connectivity index (χ3v) is 6.59. The molecule has 7 heteroatoms. The number of fused-ring (bicyclic) bond motifs is 1. The maximum atomic E-state index is 12.2. The number of carbonyl (C=O) groups is 1. The first-order valence-electron chi connectivity index (χ1n) is 12.7. The minimum absolute atomic E-state index is 0.0144. The largest absolute Gasteiger partial charge is 0.486 e. The second-order valence-corrected chi connectivity index (χ2v) is 9.20. The fraction of sp³-hybridized carbons (Fsp3) is 0.345. The van der Waals surface area contributed by atoms with Crippen LogP contribution >= 0.6 is 0 Å². The van der Waals surface area contributed by atoms with E-state index in [9.17, 15) is 4.79 Å². The average Bonchev–Trinajstić information content (AvgIpc) is 2.93. The molecule has 0 saturated carbocycles. The van der Waals surface area contributed by atoms with Gasteiger partial charge in [-0.15, -0.1) is 0 Å². The highest BCUT2D eigenvalue weighted by Gasteiger charge is 2.22. The summed E-state index contributed by atoms with van der Waals surface area (Å²) >= 11 is 0. The summed E-state index contributed by atoms with van der Waals surface area (Å²) in [4.78, 5) is 14.6. The van der Waals surface area contributed by atoms with E-state index >= 15 is 0 Å². The molecule has 2 heterocycles. The highest BCUT2D eigenvalue weighted by Crippen LogP contribution is 2.31. The van der Waals surface area contributed by atoms with Crippen LogP contribution in [0, 0.1) is 0 Å². The van der Waals surface area contributed by atoms with Gasteiger partial charge in [0.05, 0.1) is 0 Å². The zero-order chi connectivity index (χ0) is 24.6. The van der Waals surface area contributed by atoms with Crippen molar-refractivity contribution in [3.05, 3.63) is 78.9 Å². The van der Waals surface area contributed by atoms with Crippen molar-refractivity contribution in [2.75, 3.05) is 43.1 Å². The van der Waals surface area contributed by atoms with E-state index in [1.54, 1.807) is 0 Å². The van der Waals surface area contributed by atoms with Crippen molar-refractivity contribution < 1.29 is 19.0 Å². The van der Waals surface area contributed by atoms with Crippen LogP contribution in [0.15, 0.2) is 78.9 Å². The Morgan fingerprint density at radius 3 is 2.42 bits per heavy atom. The number of rotatable bonds is 9. The summed E-state index contributed by atoms with van der Waals surface area (Å²) in [6.07, 6.45) is 3.22. The van der Waals surface area contributed by atoms with E-state index in [0.717, 1.165) is 56.1 Å². The molecule has 1 fully saturated rings. The molecular weight excluding hydrogens is 454 g/mol. The van der Waals surface area contributed by atoms with Gasteiger partial charge in [-0.3, -0.25) is 4.79 Å². The Kier molecular flexibility index (Phi) is 7.88. The van der Waals surface area contributed by atoms with Gasteiger partial charge in [-0.2, -0.15) is 0 Å². The molecule has 1 atom stereocenters. The Morgan fingerprint density at radius 2 is 1.64 bits per heavy atom. The van der Waals surface area contributed by atoms with Crippen LogP contribution in [0.3, 0.4) is 0 Å². The lowest BCUT2D eigenvalue weighted by Gasteiger charge is -2.34. The number of nitrogens with one attached hydrogen (secondary N) is 2. The smallest absolute Gasteiger partial charge is 0.262 e. The molecule has 0 bridgehead atoms. The van der Waals surface area contributed by atoms with Gasteiger partial charge in [-0.05, 0) is 67.9 Å². The summed E-state index contributed by atoms with van der Waals surface area (Å²) in [5.74, 6) is 2.19. The van der Waals surface area contributed by atoms with Gasteiger partial charge in [0, 0.05) is 36.9 Å². The standard InChI is InChI=1S/C29H33N3O4/c33-29(21-34-25-6-2-1-3-7-25)31-23-10-12-24(13-11-23)32-18-15-22(16-19-32)30-17-14-26-20-35-27-8-4-5-9-28(27)36-26/h1-13,22,26,30H,14-21H2,(H,31,33). The van der Waals surface area contributed by atoms with Gasteiger partial charge in [-0.25, -0.2) is 0 Å². The third kappa shape index (κ3) is 6.49. The predicted octanol–water partition coefficient (Wildman–Crippen LogP) is 4.49. The molecule has 3 aromatic carbocycles. The molecule has 188 valence electrons. The lowest BCUT2D eigenvalue weighted by atomic mass is 10.0. The molecule has 2 aliphatic rings. The Bertz CT molecular complexity index is 1110. The Balaban J connectivity index is 0.999. The van der Waals surface area contributed by atoms with Crippen LogP contribution < -0.4 is 29.7 Å². The van der Waals surface area contributed by atoms with Gasteiger partial charge in [0.1, 0.15) is 18.5 Å². The van der Waals surface area contributed by atoms with Crippen molar-refractivity contribution in [1.29, 1.82) is 0 Å². The molecule has 0 aliphatic carbocycles. The van der Waals surface area contributed by atoms with Gasteiger partial charge in [0.25, 0.3) is 5.91 Å². The van der Waals surface area contributed by atoms with Crippen molar-refractivity contribution in [3.8, 4) is 17.2 Å². The number of nitrogens with zero attached hydrogens (tertiary/aromatic N) is 1. The topological polar surface area (TPSA) is 72.1 Å². The quantitative estimate of drug-likeness (QED) is 0.463. The number of para-hydroxylation sites is 3. The summed E-state index contributed by atoms with van der Waals surface area (Å²) in [7, 11) is 0. The van der Waals surface area contributed by atoms with Crippen LogP contribution in [0.4, 0.5) is 11.4 Å². The maximum absolute atomic E-state index is 12.2. The van der Waals surface area contributed by atoms with Crippen LogP contribution in [0.25, 0.3) is 0 Å². The number of piperidine rings is 1. The van der Waals surface area contributed by atoms with Gasteiger partial charge in [0.15, 0.2) is 18.1 Å². The molecule has 1 amide bonds. The zero-order valence-corrected chi connectivity index (χ0v) is 20.4. The molecule has 1 saturated heterocycles. The van der Waals surface area contributed by atoms with E-state index in [4.69, 9.17) is 14.2 Å². The van der Waals surface area contributed by atoms with Crippen molar-refractivity contribution in [1.82, 2.24) is 5.32 Å². The number of benzene rings is 3. The van der Waals surface area contributed by atoms with Crippen LogP contribution in [-0.2, 0) is 4.79 Å². The molecule has 36 heavy (non-hydrogen) atoms. The fourth-order valence-corrected chi connectivity index (χ4v) is 4.61. The van der Waals surface area contributed by atoms with Crippen LogP contribution in [0.1, 0.15) is 19.3 Å².